The van der Waals surface area contributed by atoms with E-state index in [9.17, 15) is 4.79 Å². The Labute approximate surface area is 62.4 Å². The number of carbonyl (C=O) groups excluding carboxylic acids is 1. The predicted octanol–water partition coefficient (Wildman–Crippen LogP) is 1.31. The Morgan fingerprint density at radius 1 is 1.70 bits per heavy atom. The first-order chi connectivity index (χ1) is 4.66. The normalized spacial score (nSPS) is 9.10. The second kappa shape index (κ2) is 5.05. The third-order valence-corrected chi connectivity index (χ3v) is 1.31. The van der Waals surface area contributed by atoms with Crippen LogP contribution in [0.4, 0.5) is 4.79 Å². The SMILES string of the molecule is C=CCOC(=O)O[SiH](C)C. The molecule has 0 heterocycles. The maximum atomic E-state index is 10.6. The van der Waals surface area contributed by atoms with E-state index in [2.05, 4.69) is 11.3 Å². The van der Waals surface area contributed by atoms with Crippen LogP contribution in [0.1, 0.15) is 0 Å². The first-order valence-corrected chi connectivity index (χ1v) is 5.89. The summed E-state index contributed by atoms with van der Waals surface area (Å²) in [6.45, 7) is 7.41. The molecule has 0 aliphatic heterocycles. The summed E-state index contributed by atoms with van der Waals surface area (Å²) < 4.78 is 9.34. The van der Waals surface area contributed by atoms with Crippen molar-refractivity contribution < 1.29 is 14.0 Å². The molecule has 3 nitrogen and oxygen atoms in total. The molecule has 0 aromatic carbocycles. The Morgan fingerprint density at radius 3 is 2.70 bits per heavy atom. The second-order valence-corrected chi connectivity index (χ2v) is 4.35. The first kappa shape index (κ1) is 9.23. The molecule has 0 amide bonds. The lowest BCUT2D eigenvalue weighted by molar-refractivity contribution is 0.110. The van der Waals surface area contributed by atoms with Gasteiger partial charge in [0.05, 0.1) is 0 Å². The topological polar surface area (TPSA) is 35.5 Å². The van der Waals surface area contributed by atoms with Crippen LogP contribution in [0.2, 0.25) is 13.1 Å². The van der Waals surface area contributed by atoms with E-state index in [1.54, 1.807) is 0 Å². The second-order valence-electron chi connectivity index (χ2n) is 2.02. The molecule has 58 valence electrons. The number of carbonyl (C=O) groups is 1. The molecule has 0 spiro atoms. The fourth-order valence-corrected chi connectivity index (χ4v) is 0.806. The molecule has 0 saturated carbocycles. The van der Waals surface area contributed by atoms with Gasteiger partial charge in [0, 0.05) is 0 Å². The Hall–Kier alpha value is -0.773. The van der Waals surface area contributed by atoms with E-state index in [-0.39, 0.29) is 6.61 Å². The molecule has 0 aromatic rings. The fourth-order valence-electron chi connectivity index (χ4n) is 0.353. The summed E-state index contributed by atoms with van der Waals surface area (Å²) in [7, 11) is -1.28. The number of ether oxygens (including phenoxy) is 1. The van der Waals surface area contributed by atoms with Crippen LogP contribution in [0.25, 0.3) is 0 Å². The van der Waals surface area contributed by atoms with Gasteiger partial charge < -0.3 is 9.16 Å². The Morgan fingerprint density at radius 2 is 2.30 bits per heavy atom. The van der Waals surface area contributed by atoms with Gasteiger partial charge in [0.15, 0.2) is 0 Å². The summed E-state index contributed by atoms with van der Waals surface area (Å²) in [4.78, 5) is 10.6. The predicted molar refractivity (Wildman–Crippen MR) is 41.5 cm³/mol. The van der Waals surface area contributed by atoms with Crippen molar-refractivity contribution in [3.05, 3.63) is 12.7 Å². The van der Waals surface area contributed by atoms with Gasteiger partial charge in [-0.05, 0) is 13.1 Å². The molecule has 0 N–H and O–H groups in total. The Balaban J connectivity index is 3.34. The van der Waals surface area contributed by atoms with Crippen molar-refractivity contribution in [3.8, 4) is 0 Å². The quantitative estimate of drug-likeness (QED) is 0.355. The van der Waals surface area contributed by atoms with Crippen molar-refractivity contribution in [2.45, 2.75) is 13.1 Å². The maximum absolute atomic E-state index is 10.6. The number of hydrogen-bond acceptors (Lipinski definition) is 3. The summed E-state index contributed by atoms with van der Waals surface area (Å²) in [5.41, 5.74) is 0. The average molecular weight is 160 g/mol. The van der Waals surface area contributed by atoms with Crippen molar-refractivity contribution in [3.63, 3.8) is 0 Å². The van der Waals surface area contributed by atoms with Crippen LogP contribution in [0.5, 0.6) is 0 Å². The minimum Gasteiger partial charge on any atom is -0.492 e. The van der Waals surface area contributed by atoms with E-state index < -0.39 is 15.2 Å². The number of rotatable bonds is 3. The molecule has 0 rings (SSSR count). The lowest BCUT2D eigenvalue weighted by Gasteiger charge is -2.05. The Kier molecular flexibility index (Phi) is 4.66. The molecule has 0 atom stereocenters. The van der Waals surface area contributed by atoms with Gasteiger partial charge in [0.25, 0.3) is 0 Å². The van der Waals surface area contributed by atoms with E-state index >= 15 is 0 Å². The van der Waals surface area contributed by atoms with Gasteiger partial charge in [0.1, 0.15) is 6.61 Å². The summed E-state index contributed by atoms with van der Waals surface area (Å²) in [6, 6.07) is 0. The van der Waals surface area contributed by atoms with Crippen molar-refractivity contribution in [2.75, 3.05) is 6.61 Å². The molecule has 0 aliphatic carbocycles. The zero-order valence-electron chi connectivity index (χ0n) is 6.29. The van der Waals surface area contributed by atoms with Crippen molar-refractivity contribution in [1.82, 2.24) is 0 Å². The highest BCUT2D eigenvalue weighted by Crippen LogP contribution is 1.89. The molecule has 0 radical (unpaired) electrons. The zero-order valence-corrected chi connectivity index (χ0v) is 7.45. The van der Waals surface area contributed by atoms with Crippen molar-refractivity contribution in [1.29, 1.82) is 0 Å². The summed E-state index contributed by atoms with van der Waals surface area (Å²) in [6.07, 6.45) is 0.921. The average Bonchev–Trinajstić information content (AvgIpc) is 1.82. The van der Waals surface area contributed by atoms with Gasteiger partial charge in [-0.3, -0.25) is 0 Å². The van der Waals surface area contributed by atoms with Crippen LogP contribution in [0, 0.1) is 0 Å². The van der Waals surface area contributed by atoms with Crippen molar-refractivity contribution >= 4 is 15.2 Å². The van der Waals surface area contributed by atoms with Crippen LogP contribution < -0.4 is 0 Å². The van der Waals surface area contributed by atoms with E-state index in [1.807, 2.05) is 13.1 Å². The molecule has 0 bridgehead atoms. The van der Waals surface area contributed by atoms with Gasteiger partial charge in [0.2, 0.25) is 9.04 Å². The highest BCUT2D eigenvalue weighted by Gasteiger charge is 2.04. The molecular formula is C6H12O3Si. The number of hydrogen-bond donors (Lipinski definition) is 0. The highest BCUT2D eigenvalue weighted by molar-refractivity contribution is 6.50. The molecule has 0 saturated heterocycles. The van der Waals surface area contributed by atoms with Crippen LogP contribution in [0.3, 0.4) is 0 Å². The smallest absolute Gasteiger partial charge is 0.492 e. The maximum Gasteiger partial charge on any atom is 0.494 e. The lowest BCUT2D eigenvalue weighted by atomic mass is 10.7. The summed E-state index contributed by atoms with van der Waals surface area (Å²) in [5.74, 6) is 0. The van der Waals surface area contributed by atoms with E-state index in [0.29, 0.717) is 0 Å². The van der Waals surface area contributed by atoms with Gasteiger partial charge >= 0.3 is 6.16 Å². The first-order valence-electron chi connectivity index (χ1n) is 3.11. The molecule has 4 heteroatoms. The molecule has 10 heavy (non-hydrogen) atoms. The van der Waals surface area contributed by atoms with Gasteiger partial charge in [-0.25, -0.2) is 4.79 Å². The lowest BCUT2D eigenvalue weighted by Crippen LogP contribution is -2.16. The van der Waals surface area contributed by atoms with Crippen LogP contribution >= 0.6 is 0 Å². The standard InChI is InChI=1S/C6H12O3Si/c1-4-5-8-6(7)9-10(2)3/h4,10H,1,5H2,2-3H3. The third-order valence-electron chi connectivity index (χ3n) is 0.651. The largest absolute Gasteiger partial charge is 0.494 e. The minimum absolute atomic E-state index is 0.222. The van der Waals surface area contributed by atoms with Crippen LogP contribution in [-0.4, -0.2) is 21.8 Å². The highest BCUT2D eigenvalue weighted by atomic mass is 28.3. The van der Waals surface area contributed by atoms with Gasteiger partial charge in [-0.1, -0.05) is 12.7 Å². The fraction of sp³-hybridized carbons (Fsp3) is 0.500. The molecule has 0 aliphatic rings. The van der Waals surface area contributed by atoms with Gasteiger partial charge in [-0.15, -0.1) is 0 Å². The third kappa shape index (κ3) is 5.37. The van der Waals surface area contributed by atoms with E-state index in [4.69, 9.17) is 4.43 Å². The minimum atomic E-state index is -1.28. The van der Waals surface area contributed by atoms with Crippen molar-refractivity contribution in [2.24, 2.45) is 0 Å². The monoisotopic (exact) mass is 160 g/mol. The van der Waals surface area contributed by atoms with Crippen LogP contribution in [-0.2, 0) is 9.16 Å². The molecular weight excluding hydrogens is 148 g/mol. The molecule has 0 unspecified atom stereocenters. The molecule has 0 fully saturated rings. The summed E-state index contributed by atoms with van der Waals surface area (Å²) >= 11 is 0. The van der Waals surface area contributed by atoms with Crippen LogP contribution in [0.15, 0.2) is 12.7 Å². The summed E-state index contributed by atoms with van der Waals surface area (Å²) in [5, 5.41) is 0. The Bertz CT molecular complexity index is 122. The van der Waals surface area contributed by atoms with E-state index in [0.717, 1.165) is 0 Å². The van der Waals surface area contributed by atoms with Gasteiger partial charge in [-0.2, -0.15) is 0 Å². The molecule has 0 aromatic heterocycles. The zero-order chi connectivity index (χ0) is 7.98. The van der Waals surface area contributed by atoms with E-state index in [1.165, 1.54) is 6.08 Å².